The molecule has 1 aromatic carbocycles. The standard InChI is InChI=1S/C10H8F2N2O4/c11-7-2-9(14(17)18)8(12)1-6(7)10(16)13-3-5(15)4-13/h1-2,5,15H,3-4H2. The molecule has 1 fully saturated rings. The lowest BCUT2D eigenvalue weighted by atomic mass is 10.1. The van der Waals surface area contributed by atoms with Crippen molar-refractivity contribution in [2.45, 2.75) is 6.10 Å². The zero-order chi connectivity index (χ0) is 13.4. The molecule has 0 aliphatic carbocycles. The summed E-state index contributed by atoms with van der Waals surface area (Å²) in [6.07, 6.45) is -0.667. The summed E-state index contributed by atoms with van der Waals surface area (Å²) < 4.78 is 26.8. The summed E-state index contributed by atoms with van der Waals surface area (Å²) in [5, 5.41) is 19.4. The number of halogens is 2. The maximum Gasteiger partial charge on any atom is 0.307 e. The van der Waals surface area contributed by atoms with Gasteiger partial charge in [0, 0.05) is 13.1 Å². The molecule has 1 aliphatic rings. The molecule has 1 N–H and O–H groups in total. The number of nitro groups is 1. The van der Waals surface area contributed by atoms with Gasteiger partial charge in [-0.05, 0) is 6.07 Å². The predicted octanol–water partition coefficient (Wildman–Crippen LogP) is 0.690. The van der Waals surface area contributed by atoms with E-state index >= 15 is 0 Å². The fourth-order valence-corrected chi connectivity index (χ4v) is 1.63. The Hall–Kier alpha value is -2.09. The number of hydrogen-bond acceptors (Lipinski definition) is 4. The smallest absolute Gasteiger partial charge is 0.307 e. The summed E-state index contributed by atoms with van der Waals surface area (Å²) in [6, 6.07) is 0.874. The molecule has 1 heterocycles. The zero-order valence-electron chi connectivity index (χ0n) is 8.97. The van der Waals surface area contributed by atoms with Gasteiger partial charge in [-0.15, -0.1) is 0 Å². The predicted molar refractivity (Wildman–Crippen MR) is 54.9 cm³/mol. The van der Waals surface area contributed by atoms with Crippen LogP contribution in [0.3, 0.4) is 0 Å². The molecule has 96 valence electrons. The van der Waals surface area contributed by atoms with Gasteiger partial charge in [-0.3, -0.25) is 14.9 Å². The first kappa shape index (κ1) is 12.4. The summed E-state index contributed by atoms with van der Waals surface area (Å²) in [5.74, 6) is -3.23. The molecule has 1 saturated heterocycles. The van der Waals surface area contributed by atoms with Crippen LogP contribution in [0, 0.1) is 21.7 Å². The zero-order valence-corrected chi connectivity index (χ0v) is 8.97. The van der Waals surface area contributed by atoms with Crippen LogP contribution in [0.4, 0.5) is 14.5 Å². The number of hydrogen-bond donors (Lipinski definition) is 1. The number of likely N-dealkylation sites (tertiary alicyclic amines) is 1. The molecule has 18 heavy (non-hydrogen) atoms. The molecular formula is C10H8F2N2O4. The van der Waals surface area contributed by atoms with E-state index in [1.54, 1.807) is 0 Å². The normalized spacial score (nSPS) is 15.4. The first-order valence-corrected chi connectivity index (χ1v) is 5.01. The molecular weight excluding hydrogens is 250 g/mol. The largest absolute Gasteiger partial charge is 0.389 e. The molecule has 2 rings (SSSR count). The maximum absolute atomic E-state index is 13.5. The van der Waals surface area contributed by atoms with Crippen molar-refractivity contribution in [2.24, 2.45) is 0 Å². The van der Waals surface area contributed by atoms with Crippen LogP contribution in [0.2, 0.25) is 0 Å². The van der Waals surface area contributed by atoms with E-state index in [-0.39, 0.29) is 13.1 Å². The van der Waals surface area contributed by atoms with E-state index in [0.717, 1.165) is 4.90 Å². The minimum absolute atomic E-state index is 0.0386. The number of aliphatic hydroxyl groups is 1. The lowest BCUT2D eigenvalue weighted by molar-refractivity contribution is -0.387. The highest BCUT2D eigenvalue weighted by Crippen LogP contribution is 2.23. The average molecular weight is 258 g/mol. The van der Waals surface area contributed by atoms with Gasteiger partial charge in [-0.1, -0.05) is 0 Å². The van der Waals surface area contributed by atoms with Crippen LogP contribution in [0.15, 0.2) is 12.1 Å². The molecule has 0 saturated carbocycles. The Morgan fingerprint density at radius 3 is 2.50 bits per heavy atom. The van der Waals surface area contributed by atoms with Crippen molar-refractivity contribution in [3.05, 3.63) is 39.4 Å². The molecule has 0 unspecified atom stereocenters. The molecule has 1 aliphatic heterocycles. The Morgan fingerprint density at radius 2 is 2.00 bits per heavy atom. The van der Waals surface area contributed by atoms with Gasteiger partial charge in [-0.2, -0.15) is 4.39 Å². The van der Waals surface area contributed by atoms with E-state index < -0.39 is 39.8 Å². The van der Waals surface area contributed by atoms with Crippen molar-refractivity contribution in [1.82, 2.24) is 4.90 Å². The van der Waals surface area contributed by atoms with Gasteiger partial charge in [-0.25, -0.2) is 4.39 Å². The number of β-amino-alcohol motifs (C(OH)–C–C–N with tert-alkyl or cyclic N) is 1. The molecule has 0 atom stereocenters. The van der Waals surface area contributed by atoms with Crippen LogP contribution in [0.1, 0.15) is 10.4 Å². The second-order valence-corrected chi connectivity index (χ2v) is 3.90. The molecule has 0 spiro atoms. The van der Waals surface area contributed by atoms with Crippen LogP contribution in [0.25, 0.3) is 0 Å². The fourth-order valence-electron chi connectivity index (χ4n) is 1.63. The second-order valence-electron chi connectivity index (χ2n) is 3.90. The first-order valence-electron chi connectivity index (χ1n) is 5.01. The summed E-state index contributed by atoms with van der Waals surface area (Å²) >= 11 is 0. The minimum atomic E-state index is -1.27. The fraction of sp³-hybridized carbons (Fsp3) is 0.300. The second kappa shape index (κ2) is 4.30. The van der Waals surface area contributed by atoms with Crippen LogP contribution < -0.4 is 0 Å². The molecule has 1 aromatic rings. The van der Waals surface area contributed by atoms with E-state index in [1.165, 1.54) is 0 Å². The molecule has 0 aromatic heterocycles. The third-order valence-electron chi connectivity index (χ3n) is 2.61. The Morgan fingerprint density at radius 1 is 1.39 bits per heavy atom. The summed E-state index contributed by atoms with van der Waals surface area (Å²) in [6.45, 7) is 0.0771. The van der Waals surface area contributed by atoms with Gasteiger partial charge in [0.05, 0.1) is 22.7 Å². The van der Waals surface area contributed by atoms with E-state index in [2.05, 4.69) is 0 Å². The molecule has 8 heteroatoms. The van der Waals surface area contributed by atoms with Gasteiger partial charge in [0.25, 0.3) is 5.91 Å². The van der Waals surface area contributed by atoms with E-state index in [9.17, 15) is 23.7 Å². The molecule has 6 nitrogen and oxygen atoms in total. The van der Waals surface area contributed by atoms with Gasteiger partial charge < -0.3 is 10.0 Å². The van der Waals surface area contributed by atoms with Crippen molar-refractivity contribution >= 4 is 11.6 Å². The van der Waals surface area contributed by atoms with Crippen molar-refractivity contribution in [2.75, 3.05) is 13.1 Å². The Labute approximate surface area is 99.6 Å². The maximum atomic E-state index is 13.5. The third-order valence-corrected chi connectivity index (χ3v) is 2.61. The Kier molecular flexibility index (Phi) is 2.95. The number of carbonyl (C=O) groups excluding carboxylic acids is 1. The van der Waals surface area contributed by atoms with Crippen molar-refractivity contribution in [1.29, 1.82) is 0 Å². The molecule has 1 amide bonds. The topological polar surface area (TPSA) is 83.7 Å². The van der Waals surface area contributed by atoms with Gasteiger partial charge in [0.2, 0.25) is 5.82 Å². The van der Waals surface area contributed by atoms with E-state index in [1.807, 2.05) is 0 Å². The lowest BCUT2D eigenvalue weighted by Gasteiger charge is -2.35. The number of nitrogens with zero attached hydrogens (tertiary/aromatic N) is 2. The van der Waals surface area contributed by atoms with Crippen LogP contribution in [-0.2, 0) is 0 Å². The van der Waals surface area contributed by atoms with Crippen LogP contribution >= 0.6 is 0 Å². The van der Waals surface area contributed by atoms with E-state index in [0.29, 0.717) is 12.1 Å². The minimum Gasteiger partial charge on any atom is -0.389 e. The number of carbonyl (C=O) groups is 1. The van der Waals surface area contributed by atoms with Crippen LogP contribution in [0.5, 0.6) is 0 Å². The summed E-state index contributed by atoms with van der Waals surface area (Å²) in [5.41, 5.74) is -1.60. The first-order chi connectivity index (χ1) is 8.40. The number of nitro benzene ring substituents is 1. The number of aliphatic hydroxyl groups excluding tert-OH is 1. The highest BCUT2D eigenvalue weighted by atomic mass is 19.1. The van der Waals surface area contributed by atoms with Gasteiger partial charge in [0.15, 0.2) is 0 Å². The van der Waals surface area contributed by atoms with Gasteiger partial charge >= 0.3 is 5.69 Å². The number of benzene rings is 1. The quantitative estimate of drug-likeness (QED) is 0.624. The Bertz CT molecular complexity index is 529. The van der Waals surface area contributed by atoms with Gasteiger partial charge in [0.1, 0.15) is 5.82 Å². The lowest BCUT2D eigenvalue weighted by Crippen LogP contribution is -2.53. The monoisotopic (exact) mass is 258 g/mol. The highest BCUT2D eigenvalue weighted by molar-refractivity contribution is 5.95. The van der Waals surface area contributed by atoms with Crippen molar-refractivity contribution < 1.29 is 23.6 Å². The Balaban J connectivity index is 2.32. The van der Waals surface area contributed by atoms with Crippen LogP contribution in [-0.4, -0.2) is 40.0 Å². The average Bonchev–Trinajstić information content (AvgIpc) is 2.26. The third kappa shape index (κ3) is 2.02. The van der Waals surface area contributed by atoms with Crippen molar-refractivity contribution in [3.8, 4) is 0 Å². The summed E-state index contributed by atoms with van der Waals surface area (Å²) in [7, 11) is 0. The van der Waals surface area contributed by atoms with E-state index in [4.69, 9.17) is 5.11 Å². The number of amides is 1. The molecule has 0 radical (unpaired) electrons. The van der Waals surface area contributed by atoms with Crippen molar-refractivity contribution in [3.63, 3.8) is 0 Å². The summed E-state index contributed by atoms with van der Waals surface area (Å²) in [4.78, 5) is 22.1. The highest BCUT2D eigenvalue weighted by Gasteiger charge is 2.32. The SMILES string of the molecule is O=C(c1cc(F)c([N+](=O)[O-])cc1F)N1CC(O)C1. The molecule has 0 bridgehead atoms. The number of rotatable bonds is 2.